The summed E-state index contributed by atoms with van der Waals surface area (Å²) in [6.45, 7) is 3.34. The molecule has 0 saturated carbocycles. The molecule has 1 fully saturated rings. The maximum absolute atomic E-state index is 11.3. The van der Waals surface area contributed by atoms with Crippen LogP contribution in [-0.4, -0.2) is 42.7 Å². The predicted octanol–water partition coefficient (Wildman–Crippen LogP) is 1.31. The summed E-state index contributed by atoms with van der Waals surface area (Å²) in [5.74, 6) is 1.90. The summed E-state index contributed by atoms with van der Waals surface area (Å²) in [5.41, 5.74) is 1.46. The summed E-state index contributed by atoms with van der Waals surface area (Å²) >= 11 is 1.94. The molecule has 1 N–H and O–H groups in total. The van der Waals surface area contributed by atoms with Crippen LogP contribution in [0.4, 0.5) is 0 Å². The Morgan fingerprint density at radius 2 is 2.29 bits per heavy atom. The lowest BCUT2D eigenvalue weighted by Crippen LogP contribution is -2.48. The molecule has 3 rings (SSSR count). The highest BCUT2D eigenvalue weighted by molar-refractivity contribution is 7.99. The van der Waals surface area contributed by atoms with E-state index in [1.54, 1.807) is 0 Å². The summed E-state index contributed by atoms with van der Waals surface area (Å²) in [7, 11) is 0. The Balaban J connectivity index is 1.69. The van der Waals surface area contributed by atoms with E-state index < -0.39 is 0 Å². The molecule has 1 aromatic carbocycles. The maximum Gasteiger partial charge on any atom is 0.234 e. The first-order valence-corrected chi connectivity index (χ1v) is 7.02. The first-order chi connectivity index (χ1) is 8.33. The molecule has 1 amide bonds. The van der Waals surface area contributed by atoms with Gasteiger partial charge in [0.05, 0.1) is 6.54 Å². The standard InChI is InChI=1S/C13H16N2OS/c16-13-8-15(6-5-14-13)7-10-9-17-12-4-2-1-3-11(10)12/h1-4,10H,5-9H2,(H,14,16). The molecule has 0 aliphatic carbocycles. The van der Waals surface area contributed by atoms with Crippen molar-refractivity contribution < 1.29 is 4.79 Å². The van der Waals surface area contributed by atoms with Gasteiger partial charge in [0.15, 0.2) is 0 Å². The number of nitrogens with zero attached hydrogens (tertiary/aromatic N) is 1. The van der Waals surface area contributed by atoms with Gasteiger partial charge in [-0.15, -0.1) is 11.8 Å². The van der Waals surface area contributed by atoms with Crippen LogP contribution in [0.1, 0.15) is 11.5 Å². The van der Waals surface area contributed by atoms with E-state index in [0.29, 0.717) is 12.5 Å². The van der Waals surface area contributed by atoms with E-state index in [9.17, 15) is 4.79 Å². The SMILES string of the molecule is O=C1CN(CC2CSc3ccccc32)CCN1. The van der Waals surface area contributed by atoms with Crippen molar-refractivity contribution >= 4 is 17.7 Å². The number of benzene rings is 1. The average Bonchev–Trinajstić information content (AvgIpc) is 2.73. The van der Waals surface area contributed by atoms with Gasteiger partial charge in [-0.25, -0.2) is 0 Å². The van der Waals surface area contributed by atoms with Gasteiger partial charge in [0.1, 0.15) is 0 Å². The van der Waals surface area contributed by atoms with E-state index >= 15 is 0 Å². The number of hydrogen-bond acceptors (Lipinski definition) is 3. The van der Waals surface area contributed by atoms with E-state index in [2.05, 4.69) is 34.5 Å². The molecule has 0 spiro atoms. The third kappa shape index (κ3) is 2.33. The van der Waals surface area contributed by atoms with Gasteiger partial charge < -0.3 is 5.32 Å². The van der Waals surface area contributed by atoms with Crippen molar-refractivity contribution in [3.8, 4) is 0 Å². The van der Waals surface area contributed by atoms with E-state index in [1.165, 1.54) is 10.5 Å². The highest BCUT2D eigenvalue weighted by Crippen LogP contribution is 2.39. The largest absolute Gasteiger partial charge is 0.354 e. The number of rotatable bonds is 2. The van der Waals surface area contributed by atoms with Crippen LogP contribution in [0.25, 0.3) is 0 Å². The topological polar surface area (TPSA) is 32.3 Å². The van der Waals surface area contributed by atoms with Crippen LogP contribution in [0, 0.1) is 0 Å². The summed E-state index contributed by atoms with van der Waals surface area (Å²) in [6.07, 6.45) is 0. The Morgan fingerprint density at radius 3 is 3.18 bits per heavy atom. The van der Waals surface area contributed by atoms with Crippen molar-refractivity contribution in [2.75, 3.05) is 31.9 Å². The van der Waals surface area contributed by atoms with Crippen LogP contribution < -0.4 is 5.32 Å². The van der Waals surface area contributed by atoms with Crippen LogP contribution >= 0.6 is 11.8 Å². The molecule has 1 unspecified atom stereocenters. The van der Waals surface area contributed by atoms with Crippen molar-refractivity contribution in [3.05, 3.63) is 29.8 Å². The number of fused-ring (bicyclic) bond motifs is 1. The van der Waals surface area contributed by atoms with Crippen molar-refractivity contribution in [1.82, 2.24) is 10.2 Å². The zero-order valence-corrected chi connectivity index (χ0v) is 10.5. The molecule has 4 heteroatoms. The monoisotopic (exact) mass is 248 g/mol. The normalized spacial score (nSPS) is 24.5. The number of carbonyl (C=O) groups excluding carboxylic acids is 1. The maximum atomic E-state index is 11.3. The van der Waals surface area contributed by atoms with Crippen LogP contribution in [0.3, 0.4) is 0 Å². The molecule has 1 saturated heterocycles. The molecule has 90 valence electrons. The Kier molecular flexibility index (Phi) is 3.07. The van der Waals surface area contributed by atoms with Gasteiger partial charge in [0, 0.05) is 36.2 Å². The fourth-order valence-electron chi connectivity index (χ4n) is 2.54. The molecule has 0 aromatic heterocycles. The van der Waals surface area contributed by atoms with Crippen molar-refractivity contribution in [1.29, 1.82) is 0 Å². The number of piperazine rings is 1. The van der Waals surface area contributed by atoms with E-state index in [1.807, 2.05) is 11.8 Å². The zero-order chi connectivity index (χ0) is 11.7. The molecule has 0 radical (unpaired) electrons. The van der Waals surface area contributed by atoms with Gasteiger partial charge >= 0.3 is 0 Å². The molecule has 2 aliphatic heterocycles. The van der Waals surface area contributed by atoms with Crippen LogP contribution in [0.2, 0.25) is 0 Å². The first-order valence-electron chi connectivity index (χ1n) is 6.04. The van der Waals surface area contributed by atoms with Crippen molar-refractivity contribution in [2.24, 2.45) is 0 Å². The highest BCUT2D eigenvalue weighted by atomic mass is 32.2. The van der Waals surface area contributed by atoms with E-state index in [4.69, 9.17) is 0 Å². The smallest absolute Gasteiger partial charge is 0.234 e. The Labute approximate surface area is 106 Å². The number of carbonyl (C=O) groups is 1. The summed E-state index contributed by atoms with van der Waals surface area (Å²) in [4.78, 5) is 15.0. The van der Waals surface area contributed by atoms with Crippen molar-refractivity contribution in [3.63, 3.8) is 0 Å². The fourth-order valence-corrected chi connectivity index (χ4v) is 3.78. The molecule has 1 aromatic rings. The Bertz CT molecular complexity index is 435. The third-order valence-electron chi connectivity index (χ3n) is 3.39. The lowest BCUT2D eigenvalue weighted by molar-refractivity contribution is -0.124. The van der Waals surface area contributed by atoms with E-state index in [-0.39, 0.29) is 5.91 Å². The minimum atomic E-state index is 0.162. The minimum absolute atomic E-state index is 0.162. The summed E-state index contributed by atoms with van der Waals surface area (Å²) in [5, 5.41) is 2.87. The lowest BCUT2D eigenvalue weighted by Gasteiger charge is -2.28. The molecule has 1 atom stereocenters. The zero-order valence-electron chi connectivity index (χ0n) is 9.69. The van der Waals surface area contributed by atoms with Gasteiger partial charge in [0.2, 0.25) is 5.91 Å². The minimum Gasteiger partial charge on any atom is -0.354 e. The fraction of sp³-hybridized carbons (Fsp3) is 0.462. The second-order valence-electron chi connectivity index (χ2n) is 4.63. The number of thioether (sulfide) groups is 1. The first kappa shape index (κ1) is 11.1. The quantitative estimate of drug-likeness (QED) is 0.856. The van der Waals surface area contributed by atoms with Gasteiger partial charge in [0.25, 0.3) is 0 Å². The Morgan fingerprint density at radius 1 is 1.41 bits per heavy atom. The van der Waals surface area contributed by atoms with Crippen LogP contribution in [0.5, 0.6) is 0 Å². The molecule has 2 aliphatic rings. The number of hydrogen-bond donors (Lipinski definition) is 1. The highest BCUT2D eigenvalue weighted by Gasteiger charge is 2.26. The van der Waals surface area contributed by atoms with Crippen LogP contribution in [-0.2, 0) is 4.79 Å². The third-order valence-corrected chi connectivity index (χ3v) is 4.65. The molecule has 0 bridgehead atoms. The molecule has 17 heavy (non-hydrogen) atoms. The predicted molar refractivity (Wildman–Crippen MR) is 69.4 cm³/mol. The second kappa shape index (κ2) is 4.70. The summed E-state index contributed by atoms with van der Waals surface area (Å²) in [6, 6.07) is 8.64. The summed E-state index contributed by atoms with van der Waals surface area (Å²) < 4.78 is 0. The molecule has 3 nitrogen and oxygen atoms in total. The van der Waals surface area contributed by atoms with Crippen molar-refractivity contribution in [2.45, 2.75) is 10.8 Å². The van der Waals surface area contributed by atoms with Gasteiger partial charge in [-0.3, -0.25) is 9.69 Å². The Hall–Kier alpha value is -1.00. The van der Waals surface area contributed by atoms with Gasteiger partial charge in [-0.2, -0.15) is 0 Å². The molecule has 2 heterocycles. The molecular weight excluding hydrogens is 232 g/mol. The van der Waals surface area contributed by atoms with Gasteiger partial charge in [-0.1, -0.05) is 18.2 Å². The average molecular weight is 248 g/mol. The second-order valence-corrected chi connectivity index (χ2v) is 5.69. The van der Waals surface area contributed by atoms with Gasteiger partial charge in [-0.05, 0) is 11.6 Å². The molecular formula is C13H16N2OS. The van der Waals surface area contributed by atoms with Crippen LogP contribution in [0.15, 0.2) is 29.2 Å². The lowest BCUT2D eigenvalue weighted by atomic mass is 10.0. The van der Waals surface area contributed by atoms with E-state index in [0.717, 1.165) is 25.4 Å². The number of amides is 1. The number of nitrogens with one attached hydrogen (secondary N) is 1.